The molecule has 0 unspecified atom stereocenters. The smallest absolute Gasteiger partial charge is 0.130 e. The number of aryl methyl sites for hydroxylation is 2. The van der Waals surface area contributed by atoms with Crippen LogP contribution >= 0.6 is 0 Å². The Morgan fingerprint density at radius 2 is 1.53 bits per heavy atom. The van der Waals surface area contributed by atoms with Crippen molar-refractivity contribution in [2.45, 2.75) is 58.8 Å². The lowest BCUT2D eigenvalue weighted by atomic mass is 10.0. The van der Waals surface area contributed by atoms with E-state index in [0.29, 0.717) is 6.42 Å². The summed E-state index contributed by atoms with van der Waals surface area (Å²) >= 11 is 0. The number of rotatable bonds is 8. The van der Waals surface area contributed by atoms with Gasteiger partial charge >= 0.3 is 0 Å². The van der Waals surface area contributed by atoms with Gasteiger partial charge in [0.15, 0.2) is 0 Å². The number of ketones is 1. The monoisotopic (exact) mass is 232 g/mol. The first-order valence-electron chi connectivity index (χ1n) is 6.79. The van der Waals surface area contributed by atoms with Crippen LogP contribution in [0.1, 0.15) is 57.1 Å². The van der Waals surface area contributed by atoms with Crippen molar-refractivity contribution in [2.75, 3.05) is 0 Å². The van der Waals surface area contributed by atoms with E-state index in [1.54, 1.807) is 6.92 Å². The topological polar surface area (TPSA) is 17.1 Å². The molecule has 94 valence electrons. The van der Waals surface area contributed by atoms with Crippen LogP contribution in [-0.2, 0) is 17.6 Å². The predicted molar refractivity (Wildman–Crippen MR) is 73.3 cm³/mol. The maximum absolute atomic E-state index is 10.9. The lowest BCUT2D eigenvalue weighted by Gasteiger charge is -2.03. The maximum Gasteiger partial charge on any atom is 0.130 e. The molecule has 0 amide bonds. The van der Waals surface area contributed by atoms with Gasteiger partial charge < -0.3 is 4.79 Å². The molecule has 1 aromatic rings. The molecule has 0 heterocycles. The van der Waals surface area contributed by atoms with Crippen LogP contribution in [0.2, 0.25) is 0 Å². The number of hydrogen-bond donors (Lipinski definition) is 0. The number of carbonyl (C=O) groups excluding carboxylic acids is 1. The highest BCUT2D eigenvalue weighted by Crippen LogP contribution is 2.11. The highest BCUT2D eigenvalue weighted by atomic mass is 16.1. The maximum atomic E-state index is 10.9. The fourth-order valence-electron chi connectivity index (χ4n) is 1.95. The van der Waals surface area contributed by atoms with Crippen LogP contribution < -0.4 is 0 Å². The van der Waals surface area contributed by atoms with Gasteiger partial charge in [-0.1, -0.05) is 50.5 Å². The summed E-state index contributed by atoms with van der Waals surface area (Å²) in [5.74, 6) is 0.272. The van der Waals surface area contributed by atoms with E-state index in [2.05, 4.69) is 31.2 Å². The van der Waals surface area contributed by atoms with Gasteiger partial charge in [-0.05, 0) is 37.3 Å². The number of unbranched alkanes of at least 4 members (excludes halogenated alkanes) is 3. The summed E-state index contributed by atoms with van der Waals surface area (Å²) in [7, 11) is 0. The molecule has 0 bridgehead atoms. The van der Waals surface area contributed by atoms with Crippen LogP contribution in [0.5, 0.6) is 0 Å². The number of benzene rings is 1. The Labute approximate surface area is 105 Å². The lowest BCUT2D eigenvalue weighted by molar-refractivity contribution is -0.116. The zero-order chi connectivity index (χ0) is 12.5. The summed E-state index contributed by atoms with van der Waals surface area (Å²) in [6, 6.07) is 8.75. The molecular weight excluding hydrogens is 208 g/mol. The number of Topliss-reactive ketones (excluding diaryl/α,β-unsaturated/α-hetero) is 1. The number of hydrogen-bond acceptors (Lipinski definition) is 1. The molecule has 0 aliphatic carbocycles. The normalized spacial score (nSPS) is 10.5. The summed E-state index contributed by atoms with van der Waals surface area (Å²) < 4.78 is 0. The lowest BCUT2D eigenvalue weighted by Crippen LogP contribution is -1.94. The van der Waals surface area contributed by atoms with E-state index in [4.69, 9.17) is 0 Å². The third kappa shape index (κ3) is 6.25. The minimum Gasteiger partial charge on any atom is -0.300 e. The first-order valence-corrected chi connectivity index (χ1v) is 6.79. The van der Waals surface area contributed by atoms with Crippen LogP contribution in [0.25, 0.3) is 0 Å². The van der Waals surface area contributed by atoms with Crippen LogP contribution in [0.15, 0.2) is 24.3 Å². The molecule has 0 aliphatic heterocycles. The van der Waals surface area contributed by atoms with Gasteiger partial charge in [0, 0.05) is 6.42 Å². The predicted octanol–water partition coefficient (Wildman–Crippen LogP) is 4.33. The Kier molecular flexibility index (Phi) is 6.61. The van der Waals surface area contributed by atoms with Gasteiger partial charge in [-0.25, -0.2) is 0 Å². The molecule has 0 atom stereocenters. The summed E-state index contributed by atoms with van der Waals surface area (Å²) in [6.45, 7) is 3.89. The average molecular weight is 232 g/mol. The Bertz CT molecular complexity index is 324. The third-order valence-electron chi connectivity index (χ3n) is 3.11. The zero-order valence-electron chi connectivity index (χ0n) is 11.2. The van der Waals surface area contributed by atoms with Crippen LogP contribution in [0.4, 0.5) is 0 Å². The number of carbonyl (C=O) groups is 1. The van der Waals surface area contributed by atoms with Crippen LogP contribution in [0.3, 0.4) is 0 Å². The van der Waals surface area contributed by atoms with E-state index in [-0.39, 0.29) is 5.78 Å². The van der Waals surface area contributed by atoms with Gasteiger partial charge in [0.1, 0.15) is 5.78 Å². The molecule has 0 saturated heterocycles. The largest absolute Gasteiger partial charge is 0.300 e. The zero-order valence-corrected chi connectivity index (χ0v) is 11.2. The van der Waals surface area contributed by atoms with E-state index in [9.17, 15) is 4.79 Å². The Hall–Kier alpha value is -1.11. The van der Waals surface area contributed by atoms with Gasteiger partial charge in [-0.3, -0.25) is 0 Å². The van der Waals surface area contributed by atoms with Crippen molar-refractivity contribution >= 4 is 5.78 Å². The summed E-state index contributed by atoms with van der Waals surface area (Å²) in [4.78, 5) is 10.9. The molecule has 0 aliphatic rings. The van der Waals surface area contributed by atoms with E-state index in [0.717, 1.165) is 6.42 Å². The molecule has 0 N–H and O–H groups in total. The Morgan fingerprint density at radius 3 is 2.06 bits per heavy atom. The average Bonchev–Trinajstić information content (AvgIpc) is 2.33. The van der Waals surface area contributed by atoms with Crippen molar-refractivity contribution in [3.63, 3.8) is 0 Å². The molecule has 1 rings (SSSR count). The second kappa shape index (κ2) is 8.05. The van der Waals surface area contributed by atoms with Gasteiger partial charge in [-0.15, -0.1) is 0 Å². The Balaban J connectivity index is 2.31. The van der Waals surface area contributed by atoms with Crippen molar-refractivity contribution in [3.05, 3.63) is 35.4 Å². The molecule has 17 heavy (non-hydrogen) atoms. The van der Waals surface area contributed by atoms with E-state index in [1.807, 2.05) is 0 Å². The highest BCUT2D eigenvalue weighted by Gasteiger charge is 1.98. The first kappa shape index (κ1) is 14.0. The molecule has 1 aromatic carbocycles. The second-order valence-electron chi connectivity index (χ2n) is 4.83. The van der Waals surface area contributed by atoms with Crippen LogP contribution in [0, 0.1) is 0 Å². The summed E-state index contributed by atoms with van der Waals surface area (Å²) in [5.41, 5.74) is 2.70. The van der Waals surface area contributed by atoms with Crippen molar-refractivity contribution in [1.82, 2.24) is 0 Å². The van der Waals surface area contributed by atoms with Gasteiger partial charge in [0.05, 0.1) is 0 Å². The fourth-order valence-corrected chi connectivity index (χ4v) is 1.95. The SMILES string of the molecule is CCCCCCc1ccc(CCC(C)=O)cc1. The van der Waals surface area contributed by atoms with Crippen molar-refractivity contribution in [1.29, 1.82) is 0 Å². The fraction of sp³-hybridized carbons (Fsp3) is 0.562. The van der Waals surface area contributed by atoms with Crippen LogP contribution in [-0.4, -0.2) is 5.78 Å². The van der Waals surface area contributed by atoms with E-state index < -0.39 is 0 Å². The molecule has 0 saturated carbocycles. The van der Waals surface area contributed by atoms with Gasteiger partial charge in [0.25, 0.3) is 0 Å². The second-order valence-corrected chi connectivity index (χ2v) is 4.83. The third-order valence-corrected chi connectivity index (χ3v) is 3.11. The first-order chi connectivity index (χ1) is 8.22. The standard InChI is InChI=1S/C16H24O/c1-3-4-5-6-7-15-10-12-16(13-11-15)9-8-14(2)17/h10-13H,3-9H2,1-2H3. The summed E-state index contributed by atoms with van der Waals surface area (Å²) in [6.07, 6.45) is 8.00. The van der Waals surface area contributed by atoms with Crippen molar-refractivity contribution < 1.29 is 4.79 Å². The summed E-state index contributed by atoms with van der Waals surface area (Å²) in [5, 5.41) is 0. The molecule has 0 aromatic heterocycles. The van der Waals surface area contributed by atoms with E-state index >= 15 is 0 Å². The van der Waals surface area contributed by atoms with Gasteiger partial charge in [0.2, 0.25) is 0 Å². The molecule has 0 radical (unpaired) electrons. The minimum absolute atomic E-state index is 0.272. The molecule has 1 nitrogen and oxygen atoms in total. The van der Waals surface area contributed by atoms with E-state index in [1.165, 1.54) is 43.2 Å². The van der Waals surface area contributed by atoms with Crippen molar-refractivity contribution in [3.8, 4) is 0 Å². The quantitative estimate of drug-likeness (QED) is 0.610. The Morgan fingerprint density at radius 1 is 0.941 bits per heavy atom. The minimum atomic E-state index is 0.272. The van der Waals surface area contributed by atoms with Gasteiger partial charge in [-0.2, -0.15) is 0 Å². The molecule has 0 fully saturated rings. The molecule has 1 heteroatoms. The molecular formula is C16H24O. The van der Waals surface area contributed by atoms with Crippen molar-refractivity contribution in [2.24, 2.45) is 0 Å². The highest BCUT2D eigenvalue weighted by molar-refractivity contribution is 5.75. The molecule has 0 spiro atoms.